The molecule has 0 aliphatic heterocycles. The normalized spacial score (nSPS) is 13.8. The van der Waals surface area contributed by atoms with Crippen molar-refractivity contribution in [2.24, 2.45) is 0 Å². The molecule has 96 valence electrons. The molecule has 0 aromatic heterocycles. The number of unbranched alkanes of at least 4 members (excludes halogenated alkanes) is 1. The van der Waals surface area contributed by atoms with Gasteiger partial charge in [-0.05, 0) is 26.7 Å². The molecule has 5 nitrogen and oxygen atoms in total. The lowest BCUT2D eigenvalue weighted by molar-refractivity contribution is -0.121. The number of hydrogen-bond acceptors (Lipinski definition) is 4. The van der Waals surface area contributed by atoms with Crippen molar-refractivity contribution in [2.75, 3.05) is 13.7 Å². The highest BCUT2D eigenvalue weighted by molar-refractivity contribution is 7.32. The lowest BCUT2D eigenvalue weighted by Crippen LogP contribution is -2.22. The van der Waals surface area contributed by atoms with Gasteiger partial charge in [0, 0.05) is 13.5 Å². The van der Waals surface area contributed by atoms with Crippen LogP contribution in [0.5, 0.6) is 0 Å². The Morgan fingerprint density at radius 3 is 2.50 bits per heavy atom. The molecule has 1 unspecified atom stereocenters. The van der Waals surface area contributed by atoms with E-state index < -0.39 is 8.25 Å². The fourth-order valence-electron chi connectivity index (χ4n) is 1.19. The van der Waals surface area contributed by atoms with Gasteiger partial charge in [0.2, 0.25) is 0 Å². The van der Waals surface area contributed by atoms with Crippen LogP contribution in [0.1, 0.15) is 39.5 Å². The van der Waals surface area contributed by atoms with Crippen LogP contribution in [0.2, 0.25) is 0 Å². The summed E-state index contributed by atoms with van der Waals surface area (Å²) in [7, 11) is -1.31. The van der Waals surface area contributed by atoms with Gasteiger partial charge in [-0.3, -0.25) is 9.36 Å². The Balaban J connectivity index is 3.52. The summed E-state index contributed by atoms with van der Waals surface area (Å²) in [5.41, 5.74) is -0.157. The zero-order chi connectivity index (χ0) is 12.6. The van der Waals surface area contributed by atoms with Gasteiger partial charge in [0.15, 0.2) is 5.78 Å². The van der Waals surface area contributed by atoms with Gasteiger partial charge >= 0.3 is 8.25 Å². The van der Waals surface area contributed by atoms with Crippen LogP contribution in [-0.2, 0) is 18.6 Å². The number of ketones is 1. The minimum atomic E-state index is -2.98. The summed E-state index contributed by atoms with van der Waals surface area (Å²) in [6, 6.07) is 0. The summed E-state index contributed by atoms with van der Waals surface area (Å²) >= 11 is 0. The second-order valence-corrected chi connectivity index (χ2v) is 5.08. The Kier molecular flexibility index (Phi) is 7.85. The maximum Gasteiger partial charge on any atom is 0.317 e. The van der Waals surface area contributed by atoms with Crippen molar-refractivity contribution in [1.29, 1.82) is 0 Å². The lowest BCUT2D eigenvalue weighted by atomic mass is 10.00. The highest BCUT2D eigenvalue weighted by atomic mass is 31.1. The molecule has 0 heterocycles. The maximum atomic E-state index is 11.2. The van der Waals surface area contributed by atoms with Crippen LogP contribution in [0, 0.1) is 0 Å². The monoisotopic (exact) mass is 252 g/mol. The van der Waals surface area contributed by atoms with Crippen molar-refractivity contribution in [3.8, 4) is 0 Å². The first-order valence-corrected chi connectivity index (χ1v) is 6.56. The van der Waals surface area contributed by atoms with E-state index in [-0.39, 0.29) is 18.0 Å². The summed E-state index contributed by atoms with van der Waals surface area (Å²) < 4.78 is 19.8. The van der Waals surface area contributed by atoms with E-state index in [9.17, 15) is 9.36 Å². The molecule has 0 aromatic carbocycles. The predicted molar refractivity (Wildman–Crippen MR) is 61.7 cm³/mol. The van der Waals surface area contributed by atoms with Gasteiger partial charge in [-0.1, -0.05) is 6.42 Å². The summed E-state index contributed by atoms with van der Waals surface area (Å²) in [4.78, 5) is 19.5. The van der Waals surface area contributed by atoms with Crippen molar-refractivity contribution >= 4 is 14.0 Å². The molecule has 0 aromatic rings. The SMILES string of the molecule is COC(C)(C)CCCCC(=O)CO[PH](=O)O. The van der Waals surface area contributed by atoms with Crippen LogP contribution in [0.3, 0.4) is 0 Å². The van der Waals surface area contributed by atoms with Crippen LogP contribution >= 0.6 is 8.25 Å². The predicted octanol–water partition coefficient (Wildman–Crippen LogP) is 1.94. The number of Topliss-reactive ketones (excluding diaryl/α,β-unsaturated/α-hetero) is 1. The van der Waals surface area contributed by atoms with E-state index in [2.05, 4.69) is 4.52 Å². The molecule has 0 rings (SSSR count). The Labute approximate surface area is 97.1 Å². The van der Waals surface area contributed by atoms with Gasteiger partial charge in [-0.15, -0.1) is 0 Å². The number of carbonyl (C=O) groups is 1. The molecule has 0 saturated carbocycles. The Morgan fingerprint density at radius 1 is 1.38 bits per heavy atom. The molecular formula is C10H21O5P. The minimum absolute atomic E-state index is 0.136. The average molecular weight is 252 g/mol. The second-order valence-electron chi connectivity index (χ2n) is 4.26. The molecule has 6 heteroatoms. The number of rotatable bonds is 9. The Hall–Kier alpha value is -0.220. The summed E-state index contributed by atoms with van der Waals surface area (Å²) in [6.07, 6.45) is 2.91. The highest BCUT2D eigenvalue weighted by Gasteiger charge is 2.15. The van der Waals surface area contributed by atoms with Crippen molar-refractivity contribution < 1.29 is 23.5 Å². The summed E-state index contributed by atoms with van der Waals surface area (Å²) in [5.74, 6) is -0.136. The van der Waals surface area contributed by atoms with Gasteiger partial charge in [0.05, 0.1) is 5.60 Å². The summed E-state index contributed by atoms with van der Waals surface area (Å²) in [5, 5.41) is 0. The van der Waals surface area contributed by atoms with E-state index >= 15 is 0 Å². The van der Waals surface area contributed by atoms with Crippen LogP contribution < -0.4 is 0 Å². The first-order chi connectivity index (χ1) is 7.37. The molecule has 16 heavy (non-hydrogen) atoms. The smallest absolute Gasteiger partial charge is 0.317 e. The molecule has 1 N–H and O–H groups in total. The molecule has 0 spiro atoms. The van der Waals surface area contributed by atoms with Crippen LogP contribution in [0.4, 0.5) is 0 Å². The van der Waals surface area contributed by atoms with E-state index in [1.165, 1.54) is 0 Å². The first kappa shape index (κ1) is 15.8. The van der Waals surface area contributed by atoms with E-state index in [1.807, 2.05) is 13.8 Å². The third kappa shape index (κ3) is 9.04. The maximum absolute atomic E-state index is 11.2. The third-order valence-corrected chi connectivity index (χ3v) is 2.78. The van der Waals surface area contributed by atoms with E-state index in [0.717, 1.165) is 19.3 Å². The molecule has 1 atom stereocenters. The van der Waals surface area contributed by atoms with Gasteiger partial charge in [0.25, 0.3) is 0 Å². The Bertz CT molecular complexity index is 239. The van der Waals surface area contributed by atoms with Crippen molar-refractivity contribution in [2.45, 2.75) is 45.1 Å². The fourth-order valence-corrected chi connectivity index (χ4v) is 1.47. The molecule has 0 bridgehead atoms. The number of ether oxygens (including phenoxy) is 1. The third-order valence-electron chi connectivity index (χ3n) is 2.39. The number of carbonyl (C=O) groups excluding carboxylic acids is 1. The molecule has 0 fully saturated rings. The van der Waals surface area contributed by atoms with E-state index in [1.54, 1.807) is 7.11 Å². The van der Waals surface area contributed by atoms with Gasteiger partial charge in [-0.2, -0.15) is 0 Å². The quantitative estimate of drug-likeness (QED) is 0.501. The largest absolute Gasteiger partial charge is 0.379 e. The van der Waals surface area contributed by atoms with Gasteiger partial charge in [0.1, 0.15) is 6.61 Å². The molecule has 0 radical (unpaired) electrons. The van der Waals surface area contributed by atoms with Crippen LogP contribution in [-0.4, -0.2) is 30.0 Å². The molecule has 0 aliphatic carbocycles. The fraction of sp³-hybridized carbons (Fsp3) is 0.900. The van der Waals surface area contributed by atoms with Crippen molar-refractivity contribution in [3.63, 3.8) is 0 Å². The zero-order valence-corrected chi connectivity index (χ0v) is 11.1. The molecular weight excluding hydrogens is 231 g/mol. The first-order valence-electron chi connectivity index (χ1n) is 5.30. The summed E-state index contributed by atoms with van der Waals surface area (Å²) in [6.45, 7) is 3.73. The van der Waals surface area contributed by atoms with Gasteiger partial charge in [-0.25, -0.2) is 0 Å². The number of methoxy groups -OCH3 is 1. The lowest BCUT2D eigenvalue weighted by Gasteiger charge is -2.22. The standard InChI is InChI=1S/C10H21O5P/c1-10(2,14-3)7-5-4-6-9(11)8-15-16(12)13/h16H,4-8H2,1-3H3,(H,12,13). The Morgan fingerprint density at radius 2 is 2.00 bits per heavy atom. The number of hydrogen-bond donors (Lipinski definition) is 1. The molecule has 0 amide bonds. The second kappa shape index (κ2) is 7.96. The highest BCUT2D eigenvalue weighted by Crippen LogP contribution is 2.18. The minimum Gasteiger partial charge on any atom is -0.379 e. The van der Waals surface area contributed by atoms with E-state index in [4.69, 9.17) is 9.63 Å². The molecule has 0 saturated heterocycles. The van der Waals surface area contributed by atoms with Crippen LogP contribution in [0.25, 0.3) is 0 Å². The topological polar surface area (TPSA) is 72.8 Å². The zero-order valence-electron chi connectivity index (χ0n) is 10.1. The average Bonchev–Trinajstić information content (AvgIpc) is 2.21. The molecule has 0 aliphatic rings. The van der Waals surface area contributed by atoms with E-state index in [0.29, 0.717) is 6.42 Å². The van der Waals surface area contributed by atoms with Crippen molar-refractivity contribution in [3.05, 3.63) is 0 Å². The van der Waals surface area contributed by atoms with Crippen molar-refractivity contribution in [1.82, 2.24) is 0 Å². The van der Waals surface area contributed by atoms with Crippen LogP contribution in [0.15, 0.2) is 0 Å². The van der Waals surface area contributed by atoms with Gasteiger partial charge < -0.3 is 14.2 Å².